The van der Waals surface area contributed by atoms with Gasteiger partial charge in [0.2, 0.25) is 0 Å². The number of rotatable bonds is 4. The third-order valence-corrected chi connectivity index (χ3v) is 3.08. The van der Waals surface area contributed by atoms with Gasteiger partial charge in [0, 0.05) is 16.6 Å². The first-order valence-electron chi connectivity index (χ1n) is 4.88. The Balaban J connectivity index is 2.70. The van der Waals surface area contributed by atoms with Crippen LogP contribution in [0.3, 0.4) is 0 Å². The van der Waals surface area contributed by atoms with Gasteiger partial charge in [-0.15, -0.1) is 0 Å². The highest BCUT2D eigenvalue weighted by molar-refractivity contribution is 9.10. The Morgan fingerprint density at radius 3 is 2.88 bits per heavy atom. The van der Waals surface area contributed by atoms with Crippen molar-refractivity contribution in [2.24, 2.45) is 0 Å². The fourth-order valence-electron chi connectivity index (χ4n) is 1.22. The van der Waals surface area contributed by atoms with Gasteiger partial charge >= 0.3 is 0 Å². The van der Waals surface area contributed by atoms with E-state index in [0.29, 0.717) is 5.56 Å². The minimum Gasteiger partial charge on any atom is -0.394 e. The average molecular weight is 288 g/mol. The molecule has 0 aliphatic carbocycles. The molecule has 1 unspecified atom stereocenters. The van der Waals surface area contributed by atoms with Crippen molar-refractivity contribution >= 4 is 21.8 Å². The number of nitrogens with one attached hydrogen (secondary N) is 1. The second-order valence-electron chi connectivity index (χ2n) is 3.46. The van der Waals surface area contributed by atoms with Crippen LogP contribution in [0.5, 0.6) is 0 Å². The van der Waals surface area contributed by atoms with Crippen LogP contribution in [0.25, 0.3) is 0 Å². The molecule has 0 radical (unpaired) electrons. The number of aliphatic hydroxyl groups is 2. The first kappa shape index (κ1) is 13.2. The van der Waals surface area contributed by atoms with Crippen LogP contribution >= 0.6 is 15.9 Å². The Hall–Kier alpha value is -0.910. The molecule has 1 amide bonds. The van der Waals surface area contributed by atoms with Gasteiger partial charge in [0.1, 0.15) is 0 Å². The number of aliphatic hydroxyl groups excluding tert-OH is 2. The first-order valence-corrected chi connectivity index (χ1v) is 5.67. The Kier molecular flexibility index (Phi) is 4.92. The summed E-state index contributed by atoms with van der Waals surface area (Å²) in [5.41, 5.74) is 1.40. The highest BCUT2D eigenvalue weighted by Gasteiger charge is 2.11. The van der Waals surface area contributed by atoms with Crippen molar-refractivity contribution in [1.82, 2.24) is 5.32 Å². The summed E-state index contributed by atoms with van der Waals surface area (Å²) in [7, 11) is 0. The van der Waals surface area contributed by atoms with Gasteiger partial charge in [0.25, 0.3) is 5.91 Å². The SMILES string of the molecule is Cc1c(Br)cccc1C(=O)NCC(O)CO. The third-order valence-electron chi connectivity index (χ3n) is 2.22. The second-order valence-corrected chi connectivity index (χ2v) is 4.31. The maximum absolute atomic E-state index is 11.7. The number of amides is 1. The zero-order chi connectivity index (χ0) is 12.1. The molecule has 4 nitrogen and oxygen atoms in total. The number of hydrogen-bond donors (Lipinski definition) is 3. The molecule has 0 saturated heterocycles. The fraction of sp³-hybridized carbons (Fsp3) is 0.364. The lowest BCUT2D eigenvalue weighted by atomic mass is 10.1. The van der Waals surface area contributed by atoms with E-state index in [1.165, 1.54) is 0 Å². The molecule has 5 heteroatoms. The molecular weight excluding hydrogens is 274 g/mol. The van der Waals surface area contributed by atoms with Gasteiger partial charge in [-0.25, -0.2) is 0 Å². The van der Waals surface area contributed by atoms with E-state index in [1.54, 1.807) is 12.1 Å². The first-order chi connectivity index (χ1) is 7.56. The molecule has 1 atom stereocenters. The van der Waals surface area contributed by atoms with E-state index in [2.05, 4.69) is 21.2 Å². The Bertz CT molecular complexity index is 381. The molecule has 0 heterocycles. The van der Waals surface area contributed by atoms with Crippen LogP contribution in [0.2, 0.25) is 0 Å². The zero-order valence-electron chi connectivity index (χ0n) is 8.90. The highest BCUT2D eigenvalue weighted by Crippen LogP contribution is 2.19. The van der Waals surface area contributed by atoms with E-state index in [0.717, 1.165) is 10.0 Å². The van der Waals surface area contributed by atoms with Crippen molar-refractivity contribution in [3.8, 4) is 0 Å². The molecule has 1 aromatic carbocycles. The van der Waals surface area contributed by atoms with Crippen LogP contribution in [0, 0.1) is 6.92 Å². The van der Waals surface area contributed by atoms with Crippen molar-refractivity contribution in [1.29, 1.82) is 0 Å². The molecule has 0 aliphatic heterocycles. The van der Waals surface area contributed by atoms with Crippen molar-refractivity contribution in [3.05, 3.63) is 33.8 Å². The summed E-state index contributed by atoms with van der Waals surface area (Å²) >= 11 is 3.34. The Morgan fingerprint density at radius 2 is 2.25 bits per heavy atom. The summed E-state index contributed by atoms with van der Waals surface area (Å²) in [5, 5.41) is 20.3. The lowest BCUT2D eigenvalue weighted by molar-refractivity contribution is 0.0801. The summed E-state index contributed by atoms with van der Waals surface area (Å²) in [6.45, 7) is 1.51. The van der Waals surface area contributed by atoms with Gasteiger partial charge in [-0.3, -0.25) is 4.79 Å². The molecule has 0 spiro atoms. The van der Waals surface area contributed by atoms with E-state index in [1.807, 2.05) is 13.0 Å². The van der Waals surface area contributed by atoms with Crippen molar-refractivity contribution in [3.63, 3.8) is 0 Å². The second kappa shape index (κ2) is 5.98. The lowest BCUT2D eigenvalue weighted by Crippen LogP contribution is -2.34. The maximum Gasteiger partial charge on any atom is 0.251 e. The maximum atomic E-state index is 11.7. The van der Waals surface area contributed by atoms with E-state index in [4.69, 9.17) is 10.2 Å². The van der Waals surface area contributed by atoms with Gasteiger partial charge in [-0.05, 0) is 24.6 Å². The summed E-state index contributed by atoms with van der Waals surface area (Å²) < 4.78 is 0.864. The standard InChI is InChI=1S/C11H14BrNO3/c1-7-9(3-2-4-10(7)12)11(16)13-5-8(15)6-14/h2-4,8,14-15H,5-6H2,1H3,(H,13,16). The van der Waals surface area contributed by atoms with Crippen LogP contribution in [-0.4, -0.2) is 35.4 Å². The largest absolute Gasteiger partial charge is 0.394 e. The van der Waals surface area contributed by atoms with Crippen LogP contribution in [-0.2, 0) is 0 Å². The minimum atomic E-state index is -0.920. The molecule has 0 bridgehead atoms. The molecule has 0 saturated carbocycles. The molecular formula is C11H14BrNO3. The summed E-state index contributed by atoms with van der Waals surface area (Å²) in [6.07, 6.45) is -0.920. The van der Waals surface area contributed by atoms with E-state index in [9.17, 15) is 4.79 Å². The van der Waals surface area contributed by atoms with Gasteiger partial charge in [-0.2, -0.15) is 0 Å². The highest BCUT2D eigenvalue weighted by atomic mass is 79.9. The molecule has 0 fully saturated rings. The molecule has 0 aromatic heterocycles. The van der Waals surface area contributed by atoms with Crippen molar-refractivity contribution in [2.45, 2.75) is 13.0 Å². The molecule has 1 rings (SSSR count). The Labute approximate surface area is 102 Å². The van der Waals surface area contributed by atoms with E-state index < -0.39 is 6.10 Å². The van der Waals surface area contributed by atoms with Crippen LogP contribution in [0.15, 0.2) is 22.7 Å². The minimum absolute atomic E-state index is 0.0429. The Morgan fingerprint density at radius 1 is 1.56 bits per heavy atom. The predicted octanol–water partition coefficient (Wildman–Crippen LogP) is 0.841. The quantitative estimate of drug-likeness (QED) is 0.769. The third kappa shape index (κ3) is 3.30. The number of halogens is 1. The molecule has 3 N–H and O–H groups in total. The number of hydrogen-bond acceptors (Lipinski definition) is 3. The normalized spacial score (nSPS) is 12.2. The van der Waals surface area contributed by atoms with Gasteiger partial charge in [0.15, 0.2) is 0 Å². The van der Waals surface area contributed by atoms with E-state index in [-0.39, 0.29) is 19.1 Å². The number of benzene rings is 1. The van der Waals surface area contributed by atoms with Crippen molar-refractivity contribution < 1.29 is 15.0 Å². The van der Waals surface area contributed by atoms with Gasteiger partial charge in [0.05, 0.1) is 12.7 Å². The lowest BCUT2D eigenvalue weighted by Gasteiger charge is -2.11. The fourth-order valence-corrected chi connectivity index (χ4v) is 1.59. The zero-order valence-corrected chi connectivity index (χ0v) is 10.5. The van der Waals surface area contributed by atoms with Crippen LogP contribution in [0.4, 0.5) is 0 Å². The van der Waals surface area contributed by atoms with E-state index >= 15 is 0 Å². The van der Waals surface area contributed by atoms with Crippen LogP contribution in [0.1, 0.15) is 15.9 Å². The molecule has 88 valence electrons. The molecule has 16 heavy (non-hydrogen) atoms. The number of carbonyl (C=O) groups excluding carboxylic acids is 1. The van der Waals surface area contributed by atoms with Gasteiger partial charge < -0.3 is 15.5 Å². The molecule has 1 aromatic rings. The summed E-state index contributed by atoms with van der Waals surface area (Å²) in [4.78, 5) is 11.7. The average Bonchev–Trinajstić information content (AvgIpc) is 2.29. The smallest absolute Gasteiger partial charge is 0.251 e. The van der Waals surface area contributed by atoms with Gasteiger partial charge in [-0.1, -0.05) is 22.0 Å². The van der Waals surface area contributed by atoms with Crippen LogP contribution < -0.4 is 5.32 Å². The summed E-state index contributed by atoms with van der Waals surface area (Å²) in [6, 6.07) is 5.34. The topological polar surface area (TPSA) is 69.6 Å². The number of carbonyl (C=O) groups is 1. The predicted molar refractivity (Wildman–Crippen MR) is 64.3 cm³/mol. The van der Waals surface area contributed by atoms with Crippen molar-refractivity contribution in [2.75, 3.05) is 13.2 Å². The monoisotopic (exact) mass is 287 g/mol. The molecule has 0 aliphatic rings. The summed E-state index contributed by atoms with van der Waals surface area (Å²) in [5.74, 6) is -0.258.